The van der Waals surface area contributed by atoms with Crippen LogP contribution in [0.4, 0.5) is 0 Å². The van der Waals surface area contributed by atoms with Crippen LogP contribution in [0, 0.1) is 5.41 Å². The van der Waals surface area contributed by atoms with E-state index in [-0.39, 0.29) is 24.7 Å². The number of aldehydes is 1. The van der Waals surface area contributed by atoms with Gasteiger partial charge in [-0.2, -0.15) is 0 Å². The zero-order valence-corrected chi connectivity index (χ0v) is 20.3. The molecule has 0 aliphatic carbocycles. The summed E-state index contributed by atoms with van der Waals surface area (Å²) < 4.78 is 10.6. The van der Waals surface area contributed by atoms with E-state index < -0.39 is 22.9 Å². The molecule has 4 rings (SSSR count). The van der Waals surface area contributed by atoms with E-state index in [0.717, 1.165) is 0 Å². The molecule has 1 fully saturated rings. The Bertz CT molecular complexity index is 1350. The van der Waals surface area contributed by atoms with Crippen LogP contribution < -0.4 is 5.63 Å². The normalized spacial score (nSPS) is 18.8. The summed E-state index contributed by atoms with van der Waals surface area (Å²) in [5, 5.41) is 1.12. The number of carbonyl (C=O) groups is 3. The summed E-state index contributed by atoms with van der Waals surface area (Å²) in [5.41, 5.74) is 0.537. The van der Waals surface area contributed by atoms with Crippen molar-refractivity contribution in [2.75, 3.05) is 19.7 Å². The number of halogens is 1. The van der Waals surface area contributed by atoms with Gasteiger partial charge in [0, 0.05) is 40.7 Å². The highest BCUT2D eigenvalue weighted by atomic mass is 35.5. The van der Waals surface area contributed by atoms with E-state index in [4.69, 9.17) is 20.8 Å². The molecule has 1 aliphatic rings. The van der Waals surface area contributed by atoms with Gasteiger partial charge in [0.25, 0.3) is 0 Å². The van der Waals surface area contributed by atoms with Crippen molar-refractivity contribution < 1.29 is 23.5 Å². The fourth-order valence-corrected chi connectivity index (χ4v) is 4.89. The zero-order chi connectivity index (χ0) is 25.2. The smallest absolute Gasteiger partial charge is 0.336 e. The lowest BCUT2D eigenvalue weighted by molar-refractivity contribution is -0.159. The summed E-state index contributed by atoms with van der Waals surface area (Å²) >= 11 is 6.35. The van der Waals surface area contributed by atoms with Gasteiger partial charge in [0.05, 0.1) is 12.0 Å². The molecule has 2 heterocycles. The van der Waals surface area contributed by atoms with Gasteiger partial charge in [-0.25, -0.2) is 4.79 Å². The number of ether oxygens (including phenoxy) is 1. The van der Waals surface area contributed by atoms with E-state index in [2.05, 4.69) is 0 Å². The second-order valence-electron chi connectivity index (χ2n) is 8.97. The number of rotatable bonds is 6. The van der Waals surface area contributed by atoms with Crippen molar-refractivity contribution in [2.45, 2.75) is 32.6 Å². The van der Waals surface area contributed by atoms with Gasteiger partial charge in [0.15, 0.2) is 0 Å². The van der Waals surface area contributed by atoms with Crippen LogP contribution in [-0.2, 0) is 19.1 Å². The molecule has 0 N–H and O–H groups in total. The Morgan fingerprint density at radius 1 is 1.20 bits per heavy atom. The number of likely N-dealkylation sites (tertiary alicyclic amines) is 1. The van der Waals surface area contributed by atoms with E-state index in [1.807, 2.05) is 6.07 Å². The number of hydrogen-bond donors (Lipinski definition) is 0. The third-order valence-electron chi connectivity index (χ3n) is 6.47. The van der Waals surface area contributed by atoms with Gasteiger partial charge in [0.2, 0.25) is 5.91 Å². The standard InChI is InChI=1S/C27H26ClNO6/c1-3-34-26(33)27(2)11-6-12-29(16-27)25(32)21(15-30)17-9-10-19-20(14-24(31)35-23(19)13-17)18-7-4-5-8-22(18)28/h4-5,7-10,13-15,21H,3,6,11-12,16H2,1-2H3. The van der Waals surface area contributed by atoms with Gasteiger partial charge in [-0.1, -0.05) is 41.9 Å². The molecule has 2 unspecified atom stereocenters. The van der Waals surface area contributed by atoms with Crippen molar-refractivity contribution in [2.24, 2.45) is 5.41 Å². The topological polar surface area (TPSA) is 93.9 Å². The van der Waals surface area contributed by atoms with E-state index in [1.165, 1.54) is 6.07 Å². The van der Waals surface area contributed by atoms with Gasteiger partial charge in [-0.15, -0.1) is 0 Å². The van der Waals surface area contributed by atoms with E-state index >= 15 is 0 Å². The molecule has 1 saturated heterocycles. The first-order chi connectivity index (χ1) is 16.8. The molecule has 0 bridgehead atoms. The zero-order valence-electron chi connectivity index (χ0n) is 19.6. The first kappa shape index (κ1) is 24.7. The molecular weight excluding hydrogens is 470 g/mol. The van der Waals surface area contributed by atoms with Crippen molar-refractivity contribution in [3.05, 3.63) is 69.5 Å². The second kappa shape index (κ2) is 10.0. The third kappa shape index (κ3) is 4.86. The number of benzene rings is 2. The number of fused-ring (bicyclic) bond motifs is 1. The predicted octanol–water partition coefficient (Wildman–Crippen LogP) is 4.59. The third-order valence-corrected chi connectivity index (χ3v) is 6.80. The molecule has 8 heteroatoms. The highest BCUT2D eigenvalue weighted by Crippen LogP contribution is 2.35. The van der Waals surface area contributed by atoms with Crippen LogP contribution in [0.3, 0.4) is 0 Å². The quantitative estimate of drug-likeness (QED) is 0.215. The number of nitrogens with zero attached hydrogens (tertiary/aromatic N) is 1. The van der Waals surface area contributed by atoms with Gasteiger partial charge in [-0.05, 0) is 44.4 Å². The molecule has 1 amide bonds. The average Bonchev–Trinajstić information content (AvgIpc) is 2.84. The largest absolute Gasteiger partial charge is 0.466 e. The van der Waals surface area contributed by atoms with Gasteiger partial charge < -0.3 is 18.8 Å². The lowest BCUT2D eigenvalue weighted by Gasteiger charge is -2.39. The Labute approximate surface area is 207 Å². The summed E-state index contributed by atoms with van der Waals surface area (Å²) in [5.74, 6) is -1.85. The molecule has 2 atom stereocenters. The lowest BCUT2D eigenvalue weighted by atomic mass is 9.81. The van der Waals surface area contributed by atoms with Gasteiger partial charge in [-0.3, -0.25) is 9.59 Å². The van der Waals surface area contributed by atoms with Crippen LogP contribution in [-0.4, -0.2) is 42.8 Å². The molecule has 1 aliphatic heterocycles. The Morgan fingerprint density at radius 2 is 1.97 bits per heavy atom. The first-order valence-electron chi connectivity index (χ1n) is 11.5. The summed E-state index contributed by atoms with van der Waals surface area (Å²) in [6.45, 7) is 4.40. The Balaban J connectivity index is 1.68. The average molecular weight is 496 g/mol. The minimum absolute atomic E-state index is 0.175. The molecule has 1 aromatic heterocycles. The van der Waals surface area contributed by atoms with E-state index in [0.29, 0.717) is 52.8 Å². The van der Waals surface area contributed by atoms with Crippen molar-refractivity contribution in [1.29, 1.82) is 0 Å². The van der Waals surface area contributed by atoms with E-state index in [1.54, 1.807) is 55.1 Å². The fraction of sp³-hybridized carbons (Fsp3) is 0.333. The van der Waals surface area contributed by atoms with Crippen LogP contribution in [0.5, 0.6) is 0 Å². The van der Waals surface area contributed by atoms with Crippen LogP contribution in [0.1, 0.15) is 38.2 Å². The maximum absolute atomic E-state index is 13.4. The van der Waals surface area contributed by atoms with Crippen LogP contribution in [0.15, 0.2) is 57.7 Å². The summed E-state index contributed by atoms with van der Waals surface area (Å²) in [6, 6.07) is 13.5. The highest BCUT2D eigenvalue weighted by Gasteiger charge is 2.42. The fourth-order valence-electron chi connectivity index (χ4n) is 4.65. The molecule has 0 saturated carbocycles. The van der Waals surface area contributed by atoms with Gasteiger partial charge in [0.1, 0.15) is 17.8 Å². The van der Waals surface area contributed by atoms with Crippen molar-refractivity contribution in [3.8, 4) is 11.1 Å². The lowest BCUT2D eigenvalue weighted by Crippen LogP contribution is -2.50. The maximum atomic E-state index is 13.4. The maximum Gasteiger partial charge on any atom is 0.336 e. The van der Waals surface area contributed by atoms with Crippen LogP contribution >= 0.6 is 11.6 Å². The summed E-state index contributed by atoms with van der Waals surface area (Å²) in [6.07, 6.45) is 1.81. The minimum atomic E-state index is -1.10. The summed E-state index contributed by atoms with van der Waals surface area (Å²) in [7, 11) is 0. The Kier molecular flexibility index (Phi) is 7.08. The molecule has 182 valence electrons. The molecule has 2 aromatic carbocycles. The number of esters is 1. The Morgan fingerprint density at radius 3 is 2.69 bits per heavy atom. The number of carbonyl (C=O) groups excluding carboxylic acids is 3. The monoisotopic (exact) mass is 495 g/mol. The number of hydrogen-bond acceptors (Lipinski definition) is 6. The number of piperidine rings is 1. The van der Waals surface area contributed by atoms with Gasteiger partial charge >= 0.3 is 11.6 Å². The SMILES string of the molecule is CCOC(=O)C1(C)CCCN(C(=O)C(C=O)c2ccc3c(-c4ccccc4Cl)cc(=O)oc3c2)C1. The molecule has 0 radical (unpaired) electrons. The van der Waals surface area contributed by atoms with Crippen molar-refractivity contribution >= 4 is 40.7 Å². The molecular formula is C27H26ClNO6. The highest BCUT2D eigenvalue weighted by molar-refractivity contribution is 6.33. The number of amides is 1. The first-order valence-corrected chi connectivity index (χ1v) is 11.9. The molecule has 3 aromatic rings. The second-order valence-corrected chi connectivity index (χ2v) is 9.38. The Hall–Kier alpha value is -3.45. The van der Waals surface area contributed by atoms with Crippen LogP contribution in [0.25, 0.3) is 22.1 Å². The summed E-state index contributed by atoms with van der Waals surface area (Å²) in [4.78, 5) is 51.8. The van der Waals surface area contributed by atoms with Crippen molar-refractivity contribution in [3.63, 3.8) is 0 Å². The van der Waals surface area contributed by atoms with E-state index in [9.17, 15) is 19.2 Å². The minimum Gasteiger partial charge on any atom is -0.466 e. The molecule has 35 heavy (non-hydrogen) atoms. The predicted molar refractivity (Wildman–Crippen MR) is 132 cm³/mol. The molecule has 7 nitrogen and oxygen atoms in total. The molecule has 0 spiro atoms. The van der Waals surface area contributed by atoms with Crippen LogP contribution in [0.2, 0.25) is 5.02 Å². The van der Waals surface area contributed by atoms with Crippen molar-refractivity contribution in [1.82, 2.24) is 4.90 Å².